The van der Waals surface area contributed by atoms with Gasteiger partial charge in [-0.15, -0.1) is 0 Å². The first-order valence-electron chi connectivity index (χ1n) is 6.45. The van der Waals surface area contributed by atoms with Crippen LogP contribution in [0.5, 0.6) is 0 Å². The molecule has 0 bridgehead atoms. The molecule has 2 nitrogen and oxygen atoms in total. The molecule has 1 heterocycles. The molecule has 0 aromatic rings. The van der Waals surface area contributed by atoms with E-state index >= 15 is 0 Å². The highest BCUT2D eigenvalue weighted by Crippen LogP contribution is 2.19. The predicted molar refractivity (Wildman–Crippen MR) is 63.0 cm³/mol. The van der Waals surface area contributed by atoms with Crippen molar-refractivity contribution in [3.63, 3.8) is 0 Å². The molecule has 0 aromatic heterocycles. The van der Waals surface area contributed by atoms with Gasteiger partial charge in [0.25, 0.3) is 0 Å². The molecule has 0 amide bonds. The zero-order valence-corrected chi connectivity index (χ0v) is 9.63. The summed E-state index contributed by atoms with van der Waals surface area (Å²) in [6.45, 7) is 3.15. The molecule has 0 saturated carbocycles. The SMILES string of the molecule is C1=C(CCNCC2CCCO2)CCCC1. The molecule has 2 rings (SSSR count). The van der Waals surface area contributed by atoms with Gasteiger partial charge in [-0.05, 0) is 51.5 Å². The maximum Gasteiger partial charge on any atom is 0.0700 e. The van der Waals surface area contributed by atoms with Crippen molar-refractivity contribution in [3.8, 4) is 0 Å². The summed E-state index contributed by atoms with van der Waals surface area (Å²) in [6, 6.07) is 0. The van der Waals surface area contributed by atoms with Crippen molar-refractivity contribution >= 4 is 0 Å². The summed E-state index contributed by atoms with van der Waals surface area (Å²) in [5.74, 6) is 0. The number of rotatable bonds is 5. The lowest BCUT2D eigenvalue weighted by atomic mass is 9.97. The largest absolute Gasteiger partial charge is 0.377 e. The van der Waals surface area contributed by atoms with Gasteiger partial charge in [-0.2, -0.15) is 0 Å². The van der Waals surface area contributed by atoms with Crippen molar-refractivity contribution in [1.29, 1.82) is 0 Å². The Kier molecular flexibility index (Phi) is 4.68. The van der Waals surface area contributed by atoms with Crippen molar-refractivity contribution < 1.29 is 4.74 Å². The lowest BCUT2D eigenvalue weighted by Crippen LogP contribution is -2.27. The predicted octanol–water partition coefficient (Wildman–Crippen LogP) is 2.65. The number of hydrogen-bond acceptors (Lipinski definition) is 2. The lowest BCUT2D eigenvalue weighted by molar-refractivity contribution is 0.110. The van der Waals surface area contributed by atoms with Crippen LogP contribution in [0.2, 0.25) is 0 Å². The molecule has 1 N–H and O–H groups in total. The van der Waals surface area contributed by atoms with Crippen LogP contribution in [-0.2, 0) is 4.74 Å². The van der Waals surface area contributed by atoms with Crippen LogP contribution in [-0.4, -0.2) is 25.8 Å². The fourth-order valence-corrected chi connectivity index (χ4v) is 2.45. The van der Waals surface area contributed by atoms with E-state index in [0.29, 0.717) is 6.10 Å². The molecule has 0 spiro atoms. The Morgan fingerprint density at radius 3 is 3.07 bits per heavy atom. The first kappa shape index (κ1) is 11.2. The summed E-state index contributed by atoms with van der Waals surface area (Å²) in [7, 11) is 0. The Morgan fingerprint density at radius 2 is 2.33 bits per heavy atom. The molecule has 1 saturated heterocycles. The quantitative estimate of drug-likeness (QED) is 0.555. The van der Waals surface area contributed by atoms with E-state index in [9.17, 15) is 0 Å². The first-order chi connectivity index (χ1) is 7.45. The molecule has 86 valence electrons. The van der Waals surface area contributed by atoms with E-state index in [4.69, 9.17) is 4.74 Å². The van der Waals surface area contributed by atoms with E-state index in [1.165, 1.54) is 44.9 Å². The van der Waals surface area contributed by atoms with Gasteiger partial charge in [0.15, 0.2) is 0 Å². The Balaban J connectivity index is 1.52. The van der Waals surface area contributed by atoms with E-state index < -0.39 is 0 Å². The molecule has 0 radical (unpaired) electrons. The number of nitrogens with one attached hydrogen (secondary N) is 1. The van der Waals surface area contributed by atoms with Gasteiger partial charge in [-0.1, -0.05) is 11.6 Å². The van der Waals surface area contributed by atoms with Crippen molar-refractivity contribution in [2.24, 2.45) is 0 Å². The van der Waals surface area contributed by atoms with Crippen molar-refractivity contribution in [1.82, 2.24) is 5.32 Å². The van der Waals surface area contributed by atoms with E-state index in [2.05, 4.69) is 11.4 Å². The third-order valence-corrected chi connectivity index (χ3v) is 3.40. The second-order valence-electron chi connectivity index (χ2n) is 4.70. The molecule has 2 heteroatoms. The van der Waals surface area contributed by atoms with Crippen molar-refractivity contribution in [2.45, 2.75) is 51.0 Å². The van der Waals surface area contributed by atoms with Gasteiger partial charge in [-0.3, -0.25) is 0 Å². The molecule has 1 fully saturated rings. The van der Waals surface area contributed by atoms with E-state index in [0.717, 1.165) is 19.7 Å². The summed E-state index contributed by atoms with van der Waals surface area (Å²) in [6.07, 6.45) is 12.1. The lowest BCUT2D eigenvalue weighted by Gasteiger charge is -2.14. The van der Waals surface area contributed by atoms with Gasteiger partial charge >= 0.3 is 0 Å². The van der Waals surface area contributed by atoms with Gasteiger partial charge < -0.3 is 10.1 Å². The molecule has 1 unspecified atom stereocenters. The second-order valence-corrected chi connectivity index (χ2v) is 4.70. The van der Waals surface area contributed by atoms with Gasteiger partial charge in [0.2, 0.25) is 0 Å². The Bertz CT molecular complexity index is 207. The van der Waals surface area contributed by atoms with E-state index in [-0.39, 0.29) is 0 Å². The van der Waals surface area contributed by atoms with Crippen LogP contribution >= 0.6 is 0 Å². The Labute approximate surface area is 93.1 Å². The van der Waals surface area contributed by atoms with Crippen LogP contribution in [0.3, 0.4) is 0 Å². The molecule has 0 aromatic carbocycles. The summed E-state index contributed by atoms with van der Waals surface area (Å²) < 4.78 is 5.57. The van der Waals surface area contributed by atoms with Gasteiger partial charge in [0, 0.05) is 13.2 Å². The Morgan fingerprint density at radius 1 is 1.33 bits per heavy atom. The van der Waals surface area contributed by atoms with Crippen LogP contribution < -0.4 is 5.32 Å². The standard InChI is InChI=1S/C13H23NO/c1-2-5-12(6-3-1)8-9-14-11-13-7-4-10-15-13/h5,13-14H,1-4,6-11H2. The Hall–Kier alpha value is -0.340. The number of ether oxygens (including phenoxy) is 1. The normalized spacial score (nSPS) is 26.7. The third kappa shape index (κ3) is 3.96. The van der Waals surface area contributed by atoms with Crippen LogP contribution in [0, 0.1) is 0 Å². The van der Waals surface area contributed by atoms with Gasteiger partial charge in [0.05, 0.1) is 6.10 Å². The highest BCUT2D eigenvalue weighted by molar-refractivity contribution is 5.05. The smallest absolute Gasteiger partial charge is 0.0700 e. The monoisotopic (exact) mass is 209 g/mol. The van der Waals surface area contributed by atoms with Gasteiger partial charge in [-0.25, -0.2) is 0 Å². The maximum atomic E-state index is 5.57. The molecule has 1 aliphatic carbocycles. The molecular weight excluding hydrogens is 186 g/mol. The number of hydrogen-bond donors (Lipinski definition) is 1. The molecule has 1 atom stereocenters. The van der Waals surface area contributed by atoms with Gasteiger partial charge in [0.1, 0.15) is 0 Å². The van der Waals surface area contributed by atoms with Crippen LogP contribution in [0.15, 0.2) is 11.6 Å². The molecular formula is C13H23NO. The van der Waals surface area contributed by atoms with E-state index in [1.54, 1.807) is 5.57 Å². The van der Waals surface area contributed by atoms with Crippen molar-refractivity contribution in [3.05, 3.63) is 11.6 Å². The summed E-state index contributed by atoms with van der Waals surface area (Å²) in [5.41, 5.74) is 1.67. The topological polar surface area (TPSA) is 21.3 Å². The summed E-state index contributed by atoms with van der Waals surface area (Å²) in [5, 5.41) is 3.51. The highest BCUT2D eigenvalue weighted by atomic mass is 16.5. The molecule has 2 aliphatic rings. The fraction of sp³-hybridized carbons (Fsp3) is 0.846. The third-order valence-electron chi connectivity index (χ3n) is 3.40. The highest BCUT2D eigenvalue weighted by Gasteiger charge is 2.14. The zero-order chi connectivity index (χ0) is 10.3. The summed E-state index contributed by atoms with van der Waals surface area (Å²) in [4.78, 5) is 0. The van der Waals surface area contributed by atoms with Crippen LogP contribution in [0.1, 0.15) is 44.9 Å². The number of allylic oxidation sites excluding steroid dienone is 1. The van der Waals surface area contributed by atoms with Crippen molar-refractivity contribution in [2.75, 3.05) is 19.7 Å². The molecule has 1 aliphatic heterocycles. The zero-order valence-electron chi connectivity index (χ0n) is 9.63. The van der Waals surface area contributed by atoms with Crippen LogP contribution in [0.25, 0.3) is 0 Å². The minimum atomic E-state index is 0.491. The average molecular weight is 209 g/mol. The van der Waals surface area contributed by atoms with E-state index in [1.807, 2.05) is 0 Å². The minimum absolute atomic E-state index is 0.491. The fourth-order valence-electron chi connectivity index (χ4n) is 2.45. The average Bonchev–Trinajstić information content (AvgIpc) is 2.79. The maximum absolute atomic E-state index is 5.57. The summed E-state index contributed by atoms with van der Waals surface area (Å²) >= 11 is 0. The van der Waals surface area contributed by atoms with Crippen LogP contribution in [0.4, 0.5) is 0 Å². The first-order valence-corrected chi connectivity index (χ1v) is 6.45. The minimum Gasteiger partial charge on any atom is -0.377 e. The molecule has 15 heavy (non-hydrogen) atoms. The second kappa shape index (κ2) is 6.29.